The Morgan fingerprint density at radius 1 is 1.25 bits per heavy atom. The normalized spacial score (nSPS) is 15.1. The third-order valence-corrected chi connectivity index (χ3v) is 2.58. The molecule has 2 N–H and O–H groups in total. The van der Waals surface area contributed by atoms with Gasteiger partial charge in [-0.15, -0.1) is 0 Å². The van der Waals surface area contributed by atoms with Crippen LogP contribution in [0, 0.1) is 0 Å². The highest BCUT2D eigenvalue weighted by Gasteiger charge is 2.18. The van der Waals surface area contributed by atoms with Gasteiger partial charge >= 0.3 is 0 Å². The lowest BCUT2D eigenvalue weighted by Gasteiger charge is -2.25. The summed E-state index contributed by atoms with van der Waals surface area (Å²) in [5.74, 6) is 0. The summed E-state index contributed by atoms with van der Waals surface area (Å²) in [5.41, 5.74) is 7.36. The van der Waals surface area contributed by atoms with Crippen LogP contribution >= 0.6 is 0 Å². The van der Waals surface area contributed by atoms with Crippen LogP contribution in [0.4, 0.5) is 0 Å². The van der Waals surface area contributed by atoms with E-state index in [1.54, 1.807) is 0 Å². The largest absolute Gasteiger partial charge is 0.379 e. The fourth-order valence-electron chi connectivity index (χ4n) is 1.68. The lowest BCUT2D eigenvalue weighted by atomic mass is 9.91. The molecule has 0 aromatic heterocycles. The minimum atomic E-state index is -0.184. The molecular weight excluding hydrogens is 198 g/mol. The number of benzene rings is 1. The predicted molar refractivity (Wildman–Crippen MR) is 68.4 cm³/mol. The smallest absolute Gasteiger partial charge is 0.0518 e. The highest BCUT2D eigenvalue weighted by Crippen LogP contribution is 2.14. The van der Waals surface area contributed by atoms with Gasteiger partial charge < -0.3 is 10.5 Å². The highest BCUT2D eigenvalue weighted by molar-refractivity contribution is 5.17. The molecule has 16 heavy (non-hydrogen) atoms. The Hall–Kier alpha value is -0.860. The number of hydrogen-bond acceptors (Lipinski definition) is 2. The van der Waals surface area contributed by atoms with Gasteiger partial charge in [0, 0.05) is 12.1 Å². The van der Waals surface area contributed by atoms with Crippen molar-refractivity contribution in [3.05, 3.63) is 35.9 Å². The van der Waals surface area contributed by atoms with Crippen molar-refractivity contribution in [3.63, 3.8) is 0 Å². The van der Waals surface area contributed by atoms with Crippen LogP contribution in [0.3, 0.4) is 0 Å². The van der Waals surface area contributed by atoms with Gasteiger partial charge in [0.05, 0.1) is 6.10 Å². The molecule has 1 atom stereocenters. The summed E-state index contributed by atoms with van der Waals surface area (Å²) >= 11 is 0. The van der Waals surface area contributed by atoms with E-state index >= 15 is 0 Å². The van der Waals surface area contributed by atoms with Gasteiger partial charge in [0.2, 0.25) is 0 Å². The van der Waals surface area contributed by atoms with Crippen molar-refractivity contribution < 1.29 is 4.74 Å². The molecule has 0 amide bonds. The topological polar surface area (TPSA) is 35.2 Å². The maximum absolute atomic E-state index is 6.25. The zero-order valence-electron chi connectivity index (χ0n) is 10.6. The summed E-state index contributed by atoms with van der Waals surface area (Å²) in [6.07, 6.45) is 2.07. The predicted octanol–water partition coefficient (Wildman–Crippen LogP) is 2.76. The SMILES string of the molecule is CC(C)OCCC(C)(N)Cc1ccccc1. The van der Waals surface area contributed by atoms with Crippen LogP contribution in [0.15, 0.2) is 30.3 Å². The number of hydrogen-bond donors (Lipinski definition) is 1. The Labute approximate surface area is 98.8 Å². The quantitative estimate of drug-likeness (QED) is 0.801. The van der Waals surface area contributed by atoms with Crippen molar-refractivity contribution in [1.82, 2.24) is 0 Å². The molecule has 0 spiro atoms. The van der Waals surface area contributed by atoms with Gasteiger partial charge in [-0.3, -0.25) is 0 Å². The molecule has 0 saturated carbocycles. The first kappa shape index (κ1) is 13.2. The van der Waals surface area contributed by atoms with E-state index in [1.165, 1.54) is 5.56 Å². The van der Waals surface area contributed by atoms with E-state index in [9.17, 15) is 0 Å². The number of nitrogens with two attached hydrogens (primary N) is 1. The second-order valence-corrected chi connectivity index (χ2v) is 4.99. The first-order valence-corrected chi connectivity index (χ1v) is 5.94. The van der Waals surface area contributed by atoms with Crippen molar-refractivity contribution in [3.8, 4) is 0 Å². The molecule has 0 aliphatic heterocycles. The molecule has 2 heteroatoms. The van der Waals surface area contributed by atoms with Crippen LogP contribution in [0.1, 0.15) is 32.8 Å². The summed E-state index contributed by atoms with van der Waals surface area (Å²) in [4.78, 5) is 0. The lowest BCUT2D eigenvalue weighted by molar-refractivity contribution is 0.0663. The van der Waals surface area contributed by atoms with Crippen LogP contribution < -0.4 is 5.73 Å². The maximum Gasteiger partial charge on any atom is 0.0518 e. The van der Waals surface area contributed by atoms with Crippen LogP contribution in [0.25, 0.3) is 0 Å². The van der Waals surface area contributed by atoms with E-state index in [4.69, 9.17) is 10.5 Å². The molecule has 0 aliphatic carbocycles. The molecule has 0 bridgehead atoms. The molecule has 1 rings (SSSR count). The van der Waals surface area contributed by atoms with E-state index in [-0.39, 0.29) is 11.6 Å². The Morgan fingerprint density at radius 2 is 1.88 bits per heavy atom. The average Bonchev–Trinajstić information content (AvgIpc) is 2.17. The fourth-order valence-corrected chi connectivity index (χ4v) is 1.68. The Bertz CT molecular complexity index is 293. The second kappa shape index (κ2) is 6.02. The standard InChI is InChI=1S/C14H23NO/c1-12(2)16-10-9-14(3,15)11-13-7-5-4-6-8-13/h4-8,12H,9-11,15H2,1-3H3. The minimum Gasteiger partial charge on any atom is -0.379 e. The lowest BCUT2D eigenvalue weighted by Crippen LogP contribution is -2.40. The Kier molecular flexibility index (Phi) is 4.97. The summed E-state index contributed by atoms with van der Waals surface area (Å²) in [6.45, 7) is 6.91. The molecule has 0 saturated heterocycles. The molecule has 2 nitrogen and oxygen atoms in total. The van der Waals surface area contributed by atoms with Gasteiger partial charge in [-0.25, -0.2) is 0 Å². The zero-order valence-corrected chi connectivity index (χ0v) is 10.6. The van der Waals surface area contributed by atoms with Crippen molar-refractivity contribution in [2.75, 3.05) is 6.61 Å². The third kappa shape index (κ3) is 5.29. The first-order valence-electron chi connectivity index (χ1n) is 5.94. The number of ether oxygens (including phenoxy) is 1. The van der Waals surface area contributed by atoms with Crippen LogP contribution in [0.5, 0.6) is 0 Å². The van der Waals surface area contributed by atoms with Crippen LogP contribution in [0.2, 0.25) is 0 Å². The summed E-state index contributed by atoms with van der Waals surface area (Å²) < 4.78 is 5.54. The van der Waals surface area contributed by atoms with E-state index < -0.39 is 0 Å². The first-order chi connectivity index (χ1) is 7.49. The zero-order chi connectivity index (χ0) is 12.0. The van der Waals surface area contributed by atoms with Gasteiger partial charge in [0.25, 0.3) is 0 Å². The van der Waals surface area contributed by atoms with Gasteiger partial charge in [-0.1, -0.05) is 30.3 Å². The van der Waals surface area contributed by atoms with Gasteiger partial charge in [0.15, 0.2) is 0 Å². The summed E-state index contributed by atoms with van der Waals surface area (Å²) in [7, 11) is 0. The molecule has 1 aromatic rings. The number of rotatable bonds is 6. The molecule has 1 unspecified atom stereocenters. The van der Waals surface area contributed by atoms with E-state index in [2.05, 4.69) is 31.2 Å². The second-order valence-electron chi connectivity index (χ2n) is 4.99. The Morgan fingerprint density at radius 3 is 2.44 bits per heavy atom. The van der Waals surface area contributed by atoms with Crippen molar-refractivity contribution in [2.24, 2.45) is 5.73 Å². The summed E-state index contributed by atoms with van der Waals surface area (Å²) in [6, 6.07) is 10.4. The van der Waals surface area contributed by atoms with Gasteiger partial charge in [-0.2, -0.15) is 0 Å². The molecule has 0 heterocycles. The molecule has 90 valence electrons. The summed E-state index contributed by atoms with van der Waals surface area (Å²) in [5, 5.41) is 0. The monoisotopic (exact) mass is 221 g/mol. The fraction of sp³-hybridized carbons (Fsp3) is 0.571. The van der Waals surface area contributed by atoms with Crippen molar-refractivity contribution in [2.45, 2.75) is 45.3 Å². The van der Waals surface area contributed by atoms with Crippen LogP contribution in [-0.2, 0) is 11.2 Å². The molecular formula is C14H23NO. The molecule has 0 aliphatic rings. The third-order valence-electron chi connectivity index (χ3n) is 2.58. The van der Waals surface area contributed by atoms with Crippen LogP contribution in [-0.4, -0.2) is 18.2 Å². The van der Waals surface area contributed by atoms with Gasteiger partial charge in [-0.05, 0) is 39.2 Å². The van der Waals surface area contributed by atoms with E-state index in [0.717, 1.165) is 19.4 Å². The molecule has 1 aromatic carbocycles. The average molecular weight is 221 g/mol. The Balaban J connectivity index is 2.39. The van der Waals surface area contributed by atoms with E-state index in [0.29, 0.717) is 0 Å². The highest BCUT2D eigenvalue weighted by atomic mass is 16.5. The maximum atomic E-state index is 6.25. The minimum absolute atomic E-state index is 0.184. The van der Waals surface area contributed by atoms with Crippen molar-refractivity contribution >= 4 is 0 Å². The molecule has 0 radical (unpaired) electrons. The van der Waals surface area contributed by atoms with E-state index in [1.807, 2.05) is 19.9 Å². The van der Waals surface area contributed by atoms with Crippen molar-refractivity contribution in [1.29, 1.82) is 0 Å². The molecule has 0 fully saturated rings. The van der Waals surface area contributed by atoms with Gasteiger partial charge in [0.1, 0.15) is 0 Å².